The van der Waals surface area contributed by atoms with Crippen LogP contribution in [0.25, 0.3) is 0 Å². The van der Waals surface area contributed by atoms with Gasteiger partial charge < -0.3 is 9.73 Å². The molecule has 1 aromatic carbocycles. The van der Waals surface area contributed by atoms with Gasteiger partial charge in [0.05, 0.1) is 6.26 Å². The Balaban J connectivity index is 2.09. The van der Waals surface area contributed by atoms with E-state index in [0.717, 1.165) is 24.5 Å². The normalized spacial score (nSPS) is 12.5. The van der Waals surface area contributed by atoms with Crippen LogP contribution in [0.15, 0.2) is 52.0 Å². The van der Waals surface area contributed by atoms with E-state index >= 15 is 0 Å². The molecule has 0 aliphatic carbocycles. The molecule has 1 atom stereocenters. The lowest BCUT2D eigenvalue weighted by atomic mass is 10.0. The molecule has 1 N–H and O–H groups in total. The van der Waals surface area contributed by atoms with Crippen LogP contribution in [0.2, 0.25) is 0 Å². The Kier molecular flexibility index (Phi) is 5.55. The topological polar surface area (TPSA) is 25.2 Å². The molecule has 0 fully saturated rings. The Hall–Kier alpha value is -1.19. The highest BCUT2D eigenvalue weighted by atomic mass is 32.2. The van der Waals surface area contributed by atoms with Crippen LogP contribution in [0.3, 0.4) is 0 Å². The van der Waals surface area contributed by atoms with E-state index in [1.165, 1.54) is 10.5 Å². The van der Waals surface area contributed by atoms with Crippen LogP contribution >= 0.6 is 11.8 Å². The molecular formula is C16H21NOS. The van der Waals surface area contributed by atoms with Crippen molar-refractivity contribution in [2.75, 3.05) is 12.3 Å². The number of hydrogen-bond acceptors (Lipinski definition) is 3. The molecule has 2 aromatic rings. The van der Waals surface area contributed by atoms with E-state index in [-0.39, 0.29) is 0 Å². The third kappa shape index (κ3) is 4.15. The van der Waals surface area contributed by atoms with Gasteiger partial charge >= 0.3 is 0 Å². The van der Waals surface area contributed by atoms with Gasteiger partial charge in [0.25, 0.3) is 0 Å². The highest BCUT2D eigenvalue weighted by molar-refractivity contribution is 7.99. The summed E-state index contributed by atoms with van der Waals surface area (Å²) in [6, 6.07) is 13.1. The number of benzene rings is 1. The average molecular weight is 275 g/mol. The van der Waals surface area contributed by atoms with Gasteiger partial charge in [-0.25, -0.2) is 0 Å². The maximum absolute atomic E-state index is 5.45. The van der Waals surface area contributed by atoms with Crippen molar-refractivity contribution in [2.24, 2.45) is 0 Å². The van der Waals surface area contributed by atoms with Gasteiger partial charge in [-0.3, -0.25) is 0 Å². The molecule has 0 amide bonds. The Morgan fingerprint density at radius 3 is 2.53 bits per heavy atom. The maximum Gasteiger partial charge on any atom is 0.105 e. The summed E-state index contributed by atoms with van der Waals surface area (Å²) in [6.45, 7) is 5.27. The Morgan fingerprint density at radius 2 is 1.95 bits per heavy atom. The SMILES string of the molecule is CCNC(Cc1ccco1)c1ccc(SCC)cc1. The van der Waals surface area contributed by atoms with Crippen molar-refractivity contribution in [1.29, 1.82) is 0 Å². The summed E-state index contributed by atoms with van der Waals surface area (Å²) < 4.78 is 5.45. The van der Waals surface area contributed by atoms with Crippen molar-refractivity contribution >= 4 is 11.8 Å². The second-order valence-electron chi connectivity index (χ2n) is 4.40. The Labute approximate surface area is 119 Å². The minimum absolute atomic E-state index is 0.317. The fourth-order valence-corrected chi connectivity index (χ4v) is 2.81. The zero-order chi connectivity index (χ0) is 13.5. The third-order valence-corrected chi connectivity index (χ3v) is 3.92. The van der Waals surface area contributed by atoms with Crippen LogP contribution in [0.4, 0.5) is 0 Å². The van der Waals surface area contributed by atoms with Crippen molar-refractivity contribution in [3.05, 3.63) is 54.0 Å². The lowest BCUT2D eigenvalue weighted by molar-refractivity contribution is 0.455. The fourth-order valence-electron chi connectivity index (χ4n) is 2.15. The summed E-state index contributed by atoms with van der Waals surface area (Å²) in [7, 11) is 0. The van der Waals surface area contributed by atoms with Crippen LogP contribution in [0.5, 0.6) is 0 Å². The molecular weight excluding hydrogens is 254 g/mol. The Morgan fingerprint density at radius 1 is 1.16 bits per heavy atom. The third-order valence-electron chi connectivity index (χ3n) is 3.03. The minimum atomic E-state index is 0.317. The largest absolute Gasteiger partial charge is 0.469 e. The molecule has 3 heteroatoms. The lowest BCUT2D eigenvalue weighted by Gasteiger charge is -2.17. The molecule has 2 nitrogen and oxygen atoms in total. The Bertz CT molecular complexity index is 464. The van der Waals surface area contributed by atoms with E-state index < -0.39 is 0 Å². The van der Waals surface area contributed by atoms with Crippen LogP contribution in [-0.2, 0) is 6.42 Å². The van der Waals surface area contributed by atoms with E-state index in [9.17, 15) is 0 Å². The molecule has 19 heavy (non-hydrogen) atoms. The standard InChI is InChI=1S/C16H21NOS/c1-3-17-16(12-14-6-5-11-18-14)13-7-9-15(10-8-13)19-4-2/h5-11,16-17H,3-4,12H2,1-2H3. The van der Waals surface area contributed by atoms with Gasteiger partial charge in [-0.15, -0.1) is 11.8 Å². The van der Waals surface area contributed by atoms with Gasteiger partial charge in [0.2, 0.25) is 0 Å². The summed E-state index contributed by atoms with van der Waals surface area (Å²) in [4.78, 5) is 1.33. The summed E-state index contributed by atoms with van der Waals surface area (Å²) in [5.41, 5.74) is 1.32. The van der Waals surface area contributed by atoms with Crippen LogP contribution in [-0.4, -0.2) is 12.3 Å². The van der Waals surface area contributed by atoms with Crippen molar-refractivity contribution in [3.8, 4) is 0 Å². The first-order valence-electron chi connectivity index (χ1n) is 6.82. The molecule has 0 spiro atoms. The van der Waals surface area contributed by atoms with E-state index in [2.05, 4.69) is 43.4 Å². The lowest BCUT2D eigenvalue weighted by Crippen LogP contribution is -2.22. The second-order valence-corrected chi connectivity index (χ2v) is 5.73. The molecule has 1 heterocycles. The number of nitrogens with one attached hydrogen (secondary N) is 1. The molecule has 0 radical (unpaired) electrons. The second kappa shape index (κ2) is 7.41. The predicted octanol–water partition coefficient (Wildman–Crippen LogP) is 4.28. The number of hydrogen-bond donors (Lipinski definition) is 1. The smallest absolute Gasteiger partial charge is 0.105 e. The first-order chi connectivity index (χ1) is 9.33. The first kappa shape index (κ1) is 14.2. The molecule has 0 saturated heterocycles. The van der Waals surface area contributed by atoms with Crippen molar-refractivity contribution in [1.82, 2.24) is 5.32 Å². The van der Waals surface area contributed by atoms with Gasteiger partial charge in [0.1, 0.15) is 5.76 Å². The first-order valence-corrected chi connectivity index (χ1v) is 7.80. The highest BCUT2D eigenvalue weighted by Gasteiger charge is 2.12. The van der Waals surface area contributed by atoms with Crippen molar-refractivity contribution < 1.29 is 4.42 Å². The van der Waals surface area contributed by atoms with Gasteiger partial charge in [-0.1, -0.05) is 26.0 Å². The van der Waals surface area contributed by atoms with Crippen LogP contribution < -0.4 is 5.32 Å². The summed E-state index contributed by atoms with van der Waals surface area (Å²) >= 11 is 1.88. The van der Waals surface area contributed by atoms with E-state index in [1.807, 2.05) is 23.9 Å². The van der Waals surface area contributed by atoms with E-state index in [0.29, 0.717) is 6.04 Å². The number of furan rings is 1. The fraction of sp³-hybridized carbons (Fsp3) is 0.375. The number of thioether (sulfide) groups is 1. The molecule has 0 saturated carbocycles. The van der Waals surface area contributed by atoms with Crippen molar-refractivity contribution in [3.63, 3.8) is 0 Å². The molecule has 102 valence electrons. The summed E-state index contributed by atoms with van der Waals surface area (Å²) in [6.07, 6.45) is 2.63. The predicted molar refractivity (Wildman–Crippen MR) is 81.7 cm³/mol. The van der Waals surface area contributed by atoms with Gasteiger partial charge in [-0.2, -0.15) is 0 Å². The van der Waals surface area contributed by atoms with Crippen LogP contribution in [0.1, 0.15) is 31.2 Å². The monoisotopic (exact) mass is 275 g/mol. The molecule has 0 aliphatic heterocycles. The zero-order valence-electron chi connectivity index (χ0n) is 11.6. The van der Waals surface area contributed by atoms with Crippen LogP contribution in [0, 0.1) is 0 Å². The number of rotatable bonds is 7. The summed E-state index contributed by atoms with van der Waals surface area (Å²) in [5, 5.41) is 3.52. The molecule has 0 aliphatic rings. The number of likely N-dealkylation sites (N-methyl/N-ethyl adjacent to an activating group) is 1. The van der Waals surface area contributed by atoms with Gasteiger partial charge in [0.15, 0.2) is 0 Å². The van der Waals surface area contributed by atoms with Gasteiger partial charge in [-0.05, 0) is 42.1 Å². The van der Waals surface area contributed by atoms with E-state index in [4.69, 9.17) is 4.42 Å². The molecule has 1 unspecified atom stereocenters. The maximum atomic E-state index is 5.45. The zero-order valence-corrected chi connectivity index (χ0v) is 12.4. The molecule has 0 bridgehead atoms. The molecule has 1 aromatic heterocycles. The minimum Gasteiger partial charge on any atom is -0.469 e. The summed E-state index contributed by atoms with van der Waals surface area (Å²) in [5.74, 6) is 2.14. The van der Waals surface area contributed by atoms with Gasteiger partial charge in [0, 0.05) is 17.4 Å². The molecule has 2 rings (SSSR count). The highest BCUT2D eigenvalue weighted by Crippen LogP contribution is 2.23. The quantitative estimate of drug-likeness (QED) is 0.763. The van der Waals surface area contributed by atoms with E-state index in [1.54, 1.807) is 6.26 Å². The van der Waals surface area contributed by atoms with Crippen molar-refractivity contribution in [2.45, 2.75) is 31.2 Å². The average Bonchev–Trinajstić information content (AvgIpc) is 2.93.